The van der Waals surface area contributed by atoms with Gasteiger partial charge < -0.3 is 5.84 Å². The van der Waals surface area contributed by atoms with E-state index in [1.807, 2.05) is 0 Å². The number of hydrogen-bond acceptors (Lipinski definition) is 3. The Balaban J connectivity index is 3.26. The lowest BCUT2D eigenvalue weighted by molar-refractivity contribution is 0.0815. The van der Waals surface area contributed by atoms with Crippen LogP contribution in [0.1, 0.15) is 5.82 Å². The fraction of sp³-hybridized carbons (Fsp3) is 0.333. The van der Waals surface area contributed by atoms with Gasteiger partial charge in [0, 0.05) is 0 Å². The van der Waals surface area contributed by atoms with Crippen molar-refractivity contribution in [2.45, 2.75) is 5.38 Å². The molecule has 0 aliphatic carbocycles. The number of nitrogens with zero attached hydrogens (tertiary/aromatic N) is 2. The van der Waals surface area contributed by atoms with Gasteiger partial charge in [0.05, 0.1) is 0 Å². The van der Waals surface area contributed by atoms with E-state index in [-0.39, 0.29) is 4.77 Å². The summed E-state index contributed by atoms with van der Waals surface area (Å²) in [7, 11) is 0. The van der Waals surface area contributed by atoms with E-state index < -0.39 is 11.2 Å². The van der Waals surface area contributed by atoms with Crippen LogP contribution in [0.15, 0.2) is 0 Å². The predicted octanol–water partition coefficient (Wildman–Crippen LogP) is 0.943. The molecule has 4 nitrogen and oxygen atoms in total. The summed E-state index contributed by atoms with van der Waals surface area (Å²) in [6.07, 6.45) is 0. The molecule has 0 aliphatic heterocycles. The van der Waals surface area contributed by atoms with Crippen LogP contribution in [0.5, 0.6) is 0 Å². The Morgan fingerprint density at radius 1 is 1.73 bits per heavy atom. The van der Waals surface area contributed by atoms with Crippen molar-refractivity contribution in [2.75, 3.05) is 5.84 Å². The van der Waals surface area contributed by atoms with Crippen LogP contribution < -0.4 is 5.84 Å². The maximum Gasteiger partial charge on any atom is 0.383 e. The monoisotopic (exact) mass is 200 g/mol. The van der Waals surface area contributed by atoms with Crippen molar-refractivity contribution < 1.29 is 8.78 Å². The van der Waals surface area contributed by atoms with E-state index in [1.165, 1.54) is 0 Å². The molecule has 1 aromatic heterocycles. The summed E-state index contributed by atoms with van der Waals surface area (Å²) in [6, 6.07) is 0. The Labute approximate surface area is 69.9 Å². The van der Waals surface area contributed by atoms with Crippen LogP contribution in [0.2, 0.25) is 0 Å². The van der Waals surface area contributed by atoms with Crippen LogP contribution >= 0.6 is 23.8 Å². The molecule has 62 valence electrons. The van der Waals surface area contributed by atoms with E-state index in [9.17, 15) is 8.78 Å². The second-order valence-electron chi connectivity index (χ2n) is 1.72. The molecule has 0 radical (unpaired) electrons. The minimum Gasteiger partial charge on any atom is -0.335 e. The first-order valence-corrected chi connectivity index (χ1v) is 3.21. The average Bonchev–Trinajstić information content (AvgIpc) is 2.11. The Morgan fingerprint density at radius 3 is 2.45 bits per heavy atom. The Kier molecular flexibility index (Phi) is 1.85. The number of nitrogens with one attached hydrogen (secondary N) is 1. The minimum atomic E-state index is -3.59. The standard InChI is InChI=1S/C3H3ClF2N4S/c4-3(5,6)1-8-9-2(11)10(1)7/h7H2,(H,9,11). The largest absolute Gasteiger partial charge is 0.383 e. The molecule has 8 heteroatoms. The molecule has 0 aromatic carbocycles. The summed E-state index contributed by atoms with van der Waals surface area (Å²) >= 11 is 9.09. The number of hydrogen-bond donors (Lipinski definition) is 2. The molecule has 1 heterocycles. The first-order valence-electron chi connectivity index (χ1n) is 2.42. The lowest BCUT2D eigenvalue weighted by atomic mass is 10.6. The molecule has 0 saturated carbocycles. The van der Waals surface area contributed by atoms with E-state index in [1.54, 1.807) is 0 Å². The molecule has 0 bridgehead atoms. The molecule has 11 heavy (non-hydrogen) atoms. The zero-order valence-electron chi connectivity index (χ0n) is 5.01. The molecule has 0 spiro atoms. The fourth-order valence-corrected chi connectivity index (χ4v) is 0.770. The fourth-order valence-electron chi connectivity index (χ4n) is 0.505. The van der Waals surface area contributed by atoms with E-state index in [0.29, 0.717) is 4.68 Å². The zero-order chi connectivity index (χ0) is 8.65. The molecule has 0 unspecified atom stereocenters. The van der Waals surface area contributed by atoms with Gasteiger partial charge in [0.25, 0.3) is 0 Å². The number of nitrogens with two attached hydrogens (primary N) is 1. The normalized spacial score (nSPS) is 11.9. The van der Waals surface area contributed by atoms with Crippen LogP contribution in [0.25, 0.3) is 0 Å². The number of H-pyrrole nitrogens is 1. The van der Waals surface area contributed by atoms with Crippen molar-refractivity contribution in [3.05, 3.63) is 10.6 Å². The quantitative estimate of drug-likeness (QED) is 0.403. The van der Waals surface area contributed by atoms with Gasteiger partial charge >= 0.3 is 5.38 Å². The highest BCUT2D eigenvalue weighted by molar-refractivity contribution is 7.71. The molecule has 0 fully saturated rings. The second-order valence-corrected chi connectivity index (χ2v) is 2.58. The van der Waals surface area contributed by atoms with Gasteiger partial charge in [-0.1, -0.05) is 0 Å². The van der Waals surface area contributed by atoms with Crippen LogP contribution in [0, 0.1) is 4.77 Å². The lowest BCUT2D eigenvalue weighted by Crippen LogP contribution is -2.19. The second kappa shape index (κ2) is 2.42. The molecule has 0 amide bonds. The van der Waals surface area contributed by atoms with Crippen LogP contribution in [-0.4, -0.2) is 14.9 Å². The van der Waals surface area contributed by atoms with Crippen LogP contribution in [-0.2, 0) is 5.38 Å². The average molecular weight is 201 g/mol. The Hall–Kier alpha value is -0.690. The van der Waals surface area contributed by atoms with E-state index in [0.717, 1.165) is 0 Å². The summed E-state index contributed by atoms with van der Waals surface area (Å²) < 4.78 is 24.9. The maximum absolute atomic E-state index is 12.3. The molecule has 0 atom stereocenters. The van der Waals surface area contributed by atoms with Gasteiger partial charge in [-0.05, 0) is 23.8 Å². The van der Waals surface area contributed by atoms with E-state index >= 15 is 0 Å². The minimum absolute atomic E-state index is 0.111. The molecule has 3 N–H and O–H groups in total. The third kappa shape index (κ3) is 1.48. The Bertz CT molecular complexity index is 312. The highest BCUT2D eigenvalue weighted by Gasteiger charge is 2.34. The predicted molar refractivity (Wildman–Crippen MR) is 37.3 cm³/mol. The smallest absolute Gasteiger partial charge is 0.335 e. The van der Waals surface area contributed by atoms with Gasteiger partial charge in [0.15, 0.2) is 0 Å². The summed E-state index contributed by atoms with van der Waals surface area (Å²) in [5.41, 5.74) is 0. The first-order chi connectivity index (χ1) is 4.93. The summed E-state index contributed by atoms with van der Waals surface area (Å²) in [5.74, 6) is 4.24. The SMILES string of the molecule is Nn1c(C(F)(F)Cl)n[nH]c1=S. The molecule has 0 aliphatic rings. The highest BCUT2D eigenvalue weighted by Crippen LogP contribution is 2.29. The Morgan fingerprint density at radius 2 is 2.27 bits per heavy atom. The van der Waals surface area contributed by atoms with E-state index in [2.05, 4.69) is 34.0 Å². The van der Waals surface area contributed by atoms with Gasteiger partial charge in [-0.3, -0.25) is 0 Å². The van der Waals surface area contributed by atoms with Gasteiger partial charge in [-0.25, -0.2) is 9.77 Å². The number of rotatable bonds is 1. The first kappa shape index (κ1) is 8.41. The van der Waals surface area contributed by atoms with Crippen LogP contribution in [0.4, 0.5) is 8.78 Å². The van der Waals surface area contributed by atoms with Crippen molar-refractivity contribution in [3.8, 4) is 0 Å². The number of halogens is 3. The summed E-state index contributed by atoms with van der Waals surface area (Å²) in [5, 5.41) is 1.60. The lowest BCUT2D eigenvalue weighted by Gasteiger charge is -2.04. The summed E-state index contributed by atoms with van der Waals surface area (Å²) in [6.45, 7) is 0. The molecule has 0 saturated heterocycles. The zero-order valence-corrected chi connectivity index (χ0v) is 6.59. The number of aromatic nitrogens is 3. The topological polar surface area (TPSA) is 59.6 Å². The maximum atomic E-state index is 12.3. The third-order valence-corrected chi connectivity index (χ3v) is 1.41. The molecular formula is C3H3ClF2N4S. The number of aromatic amines is 1. The number of alkyl halides is 3. The van der Waals surface area contributed by atoms with Crippen LogP contribution in [0.3, 0.4) is 0 Å². The van der Waals surface area contributed by atoms with Crippen molar-refractivity contribution in [1.29, 1.82) is 0 Å². The van der Waals surface area contributed by atoms with Crippen molar-refractivity contribution in [3.63, 3.8) is 0 Å². The highest BCUT2D eigenvalue weighted by atomic mass is 35.5. The summed E-state index contributed by atoms with van der Waals surface area (Å²) in [4.78, 5) is 0. The van der Waals surface area contributed by atoms with Crippen molar-refractivity contribution >= 4 is 23.8 Å². The van der Waals surface area contributed by atoms with Crippen molar-refractivity contribution in [1.82, 2.24) is 14.9 Å². The molecule has 1 aromatic rings. The van der Waals surface area contributed by atoms with Crippen molar-refractivity contribution in [2.24, 2.45) is 0 Å². The van der Waals surface area contributed by atoms with Gasteiger partial charge in [-0.15, -0.1) is 5.10 Å². The van der Waals surface area contributed by atoms with Gasteiger partial charge in [0.1, 0.15) is 0 Å². The molecular weight excluding hydrogens is 198 g/mol. The van der Waals surface area contributed by atoms with E-state index in [4.69, 9.17) is 5.84 Å². The van der Waals surface area contributed by atoms with Gasteiger partial charge in [0.2, 0.25) is 10.6 Å². The third-order valence-electron chi connectivity index (χ3n) is 0.958. The van der Waals surface area contributed by atoms with Gasteiger partial charge in [-0.2, -0.15) is 8.78 Å². The number of nitrogen functional groups attached to an aromatic ring is 1. The molecule has 1 rings (SSSR count).